The Hall–Kier alpha value is -1.65. The summed E-state index contributed by atoms with van der Waals surface area (Å²) >= 11 is 7.65. The van der Waals surface area contributed by atoms with Gasteiger partial charge in [-0.25, -0.2) is 0 Å². The fourth-order valence-electron chi connectivity index (χ4n) is 1.94. The Labute approximate surface area is 134 Å². The van der Waals surface area contributed by atoms with Gasteiger partial charge in [0.25, 0.3) is 0 Å². The molecule has 0 saturated heterocycles. The van der Waals surface area contributed by atoms with Gasteiger partial charge in [-0.05, 0) is 42.5 Å². The number of nitrogens with one attached hydrogen (secondary N) is 1. The molecule has 110 valence electrons. The van der Waals surface area contributed by atoms with Crippen molar-refractivity contribution in [1.82, 2.24) is 0 Å². The van der Waals surface area contributed by atoms with E-state index in [-0.39, 0.29) is 5.84 Å². The molecule has 0 aliphatic heterocycles. The average Bonchev–Trinajstić information content (AvgIpc) is 2.43. The average molecular weight is 321 g/mol. The first-order valence-electron chi connectivity index (χ1n) is 6.57. The highest BCUT2D eigenvalue weighted by molar-refractivity contribution is 7.99. The van der Waals surface area contributed by atoms with E-state index in [4.69, 9.17) is 27.5 Å². The number of hydrogen-bond donors (Lipinski definition) is 2. The fourth-order valence-corrected chi connectivity index (χ4v) is 2.94. The lowest BCUT2D eigenvalue weighted by Crippen LogP contribution is -2.14. The summed E-state index contributed by atoms with van der Waals surface area (Å²) in [4.78, 5) is 0.946. The molecule has 0 atom stereocenters. The van der Waals surface area contributed by atoms with Crippen molar-refractivity contribution in [2.75, 3.05) is 5.75 Å². The van der Waals surface area contributed by atoms with E-state index in [0.717, 1.165) is 16.2 Å². The zero-order valence-corrected chi connectivity index (χ0v) is 13.5. The smallest absolute Gasteiger partial charge is 0.139 e. The quantitative estimate of drug-likeness (QED) is 0.471. The molecule has 21 heavy (non-hydrogen) atoms. The van der Waals surface area contributed by atoms with Crippen molar-refractivity contribution >= 4 is 29.2 Å². The van der Waals surface area contributed by atoms with Crippen molar-refractivity contribution < 1.29 is 4.74 Å². The van der Waals surface area contributed by atoms with Crippen LogP contribution in [0.4, 0.5) is 0 Å². The summed E-state index contributed by atoms with van der Waals surface area (Å²) in [7, 11) is 0. The maximum Gasteiger partial charge on any atom is 0.139 e. The topological polar surface area (TPSA) is 59.1 Å². The molecule has 0 heterocycles. The Kier molecular flexibility index (Phi) is 5.15. The third-order valence-corrected chi connectivity index (χ3v) is 4.10. The second kappa shape index (κ2) is 6.87. The van der Waals surface area contributed by atoms with E-state index in [1.54, 1.807) is 17.8 Å². The van der Waals surface area contributed by atoms with E-state index >= 15 is 0 Å². The molecule has 0 saturated carbocycles. The number of hydrogen-bond acceptors (Lipinski definition) is 3. The van der Waals surface area contributed by atoms with E-state index in [1.165, 1.54) is 0 Å². The van der Waals surface area contributed by atoms with Crippen LogP contribution in [-0.2, 0) is 0 Å². The van der Waals surface area contributed by atoms with Crippen molar-refractivity contribution in [3.05, 3.63) is 52.5 Å². The predicted molar refractivity (Wildman–Crippen MR) is 90.1 cm³/mol. The van der Waals surface area contributed by atoms with E-state index in [0.29, 0.717) is 22.1 Å². The van der Waals surface area contributed by atoms with Gasteiger partial charge in [0.15, 0.2) is 0 Å². The predicted octanol–water partition coefficient (Wildman–Crippen LogP) is 4.84. The van der Waals surface area contributed by atoms with Gasteiger partial charge < -0.3 is 10.5 Å². The lowest BCUT2D eigenvalue weighted by atomic mass is 10.1. The van der Waals surface area contributed by atoms with Crippen LogP contribution in [0.3, 0.4) is 0 Å². The summed E-state index contributed by atoms with van der Waals surface area (Å²) in [5.41, 5.74) is 7.33. The largest absolute Gasteiger partial charge is 0.456 e. The van der Waals surface area contributed by atoms with Crippen LogP contribution < -0.4 is 10.5 Å². The molecule has 5 heteroatoms. The Morgan fingerprint density at radius 3 is 2.71 bits per heavy atom. The molecule has 0 amide bonds. The van der Waals surface area contributed by atoms with Crippen LogP contribution >= 0.6 is 23.4 Å². The normalized spacial score (nSPS) is 10.4. The number of nitrogens with two attached hydrogens (primary N) is 1. The summed E-state index contributed by atoms with van der Waals surface area (Å²) in [6.07, 6.45) is 0. The van der Waals surface area contributed by atoms with E-state index in [2.05, 4.69) is 6.92 Å². The lowest BCUT2D eigenvalue weighted by Gasteiger charge is -2.15. The number of nitrogen functional groups attached to an aromatic ring is 1. The minimum atomic E-state index is 0.00114. The summed E-state index contributed by atoms with van der Waals surface area (Å²) < 4.78 is 5.95. The highest BCUT2D eigenvalue weighted by atomic mass is 35.5. The highest BCUT2D eigenvalue weighted by Crippen LogP contribution is 2.34. The monoisotopic (exact) mass is 320 g/mol. The molecule has 0 fully saturated rings. The van der Waals surface area contributed by atoms with Gasteiger partial charge in [0.2, 0.25) is 0 Å². The van der Waals surface area contributed by atoms with Crippen molar-refractivity contribution in [1.29, 1.82) is 5.41 Å². The number of benzene rings is 2. The maximum absolute atomic E-state index is 7.82. The number of rotatable bonds is 5. The minimum absolute atomic E-state index is 0.00114. The summed E-state index contributed by atoms with van der Waals surface area (Å²) in [5, 5.41) is 8.43. The number of ether oxygens (including phenoxy) is 1. The number of halogens is 1. The summed E-state index contributed by atoms with van der Waals surface area (Å²) in [5.74, 6) is 2.15. The molecule has 3 N–H and O–H groups in total. The molecule has 0 unspecified atom stereocenters. The first-order chi connectivity index (χ1) is 10.0. The molecule has 2 rings (SSSR count). The Bertz CT molecular complexity index is 673. The van der Waals surface area contributed by atoms with Gasteiger partial charge in [0.05, 0.1) is 5.56 Å². The first-order valence-corrected chi connectivity index (χ1v) is 7.93. The van der Waals surface area contributed by atoms with E-state index in [1.807, 2.05) is 37.3 Å². The molecule has 0 aromatic heterocycles. The van der Waals surface area contributed by atoms with Gasteiger partial charge in [0.1, 0.15) is 17.3 Å². The van der Waals surface area contributed by atoms with Crippen molar-refractivity contribution in [3.8, 4) is 11.5 Å². The van der Waals surface area contributed by atoms with Gasteiger partial charge in [0, 0.05) is 9.92 Å². The van der Waals surface area contributed by atoms with Crippen molar-refractivity contribution in [3.63, 3.8) is 0 Å². The standard InChI is InChI=1S/C16H17ClN2OS/c1-3-21-14-6-4-5-12(15(14)16(18)19)20-13-9-11(17)8-7-10(13)2/h4-9H,3H2,1-2H3,(H3,18,19). The SMILES string of the molecule is CCSc1cccc(Oc2cc(Cl)ccc2C)c1C(=N)N. The lowest BCUT2D eigenvalue weighted by molar-refractivity contribution is 0.476. The number of thioether (sulfide) groups is 1. The third-order valence-electron chi connectivity index (χ3n) is 2.93. The molecular formula is C16H17ClN2OS. The van der Waals surface area contributed by atoms with Crippen molar-refractivity contribution in [2.24, 2.45) is 5.73 Å². The fraction of sp³-hybridized carbons (Fsp3) is 0.188. The van der Waals surface area contributed by atoms with Gasteiger partial charge in [-0.2, -0.15) is 0 Å². The van der Waals surface area contributed by atoms with Gasteiger partial charge in [-0.3, -0.25) is 5.41 Å². The molecule has 3 nitrogen and oxygen atoms in total. The summed E-state index contributed by atoms with van der Waals surface area (Å²) in [6, 6.07) is 11.1. The van der Waals surface area contributed by atoms with Gasteiger partial charge >= 0.3 is 0 Å². The van der Waals surface area contributed by atoms with Crippen LogP contribution in [0.5, 0.6) is 11.5 Å². The van der Waals surface area contributed by atoms with Crippen LogP contribution in [-0.4, -0.2) is 11.6 Å². The second-order valence-electron chi connectivity index (χ2n) is 4.49. The molecule has 0 bridgehead atoms. The van der Waals surface area contributed by atoms with Crippen LogP contribution in [0.15, 0.2) is 41.3 Å². The second-order valence-corrected chi connectivity index (χ2v) is 6.23. The zero-order valence-electron chi connectivity index (χ0n) is 11.9. The van der Waals surface area contributed by atoms with Crippen LogP contribution in [0.25, 0.3) is 0 Å². The molecule has 0 aliphatic carbocycles. The molecule has 0 radical (unpaired) electrons. The van der Waals surface area contributed by atoms with Crippen molar-refractivity contribution in [2.45, 2.75) is 18.7 Å². The van der Waals surface area contributed by atoms with Gasteiger partial charge in [-0.15, -0.1) is 11.8 Å². The zero-order chi connectivity index (χ0) is 15.4. The first kappa shape index (κ1) is 15.7. The number of amidine groups is 1. The van der Waals surface area contributed by atoms with E-state index in [9.17, 15) is 0 Å². The Morgan fingerprint density at radius 1 is 1.29 bits per heavy atom. The molecular weight excluding hydrogens is 304 g/mol. The van der Waals surface area contributed by atoms with Crippen LogP contribution in [0.1, 0.15) is 18.1 Å². The molecule has 2 aromatic rings. The highest BCUT2D eigenvalue weighted by Gasteiger charge is 2.14. The maximum atomic E-state index is 7.82. The summed E-state index contributed by atoms with van der Waals surface area (Å²) in [6.45, 7) is 4.01. The van der Waals surface area contributed by atoms with Gasteiger partial charge in [-0.1, -0.05) is 30.7 Å². The number of aryl methyl sites for hydroxylation is 1. The Balaban J connectivity index is 2.46. The molecule has 2 aromatic carbocycles. The Morgan fingerprint density at radius 2 is 2.05 bits per heavy atom. The van der Waals surface area contributed by atoms with E-state index < -0.39 is 0 Å². The minimum Gasteiger partial charge on any atom is -0.456 e. The van der Waals surface area contributed by atoms with Crippen LogP contribution in [0.2, 0.25) is 5.02 Å². The molecule has 0 aliphatic rings. The van der Waals surface area contributed by atoms with Crippen LogP contribution in [0, 0.1) is 12.3 Å². The third kappa shape index (κ3) is 3.71. The molecule has 0 spiro atoms.